The first-order valence-electron chi connectivity index (χ1n) is 10.4. The fourth-order valence-corrected chi connectivity index (χ4v) is 4.07. The Labute approximate surface area is 173 Å². The number of amides is 1. The first-order chi connectivity index (χ1) is 13.7. The number of likely N-dealkylation sites (tertiary alicyclic amines) is 1. The Balaban J connectivity index is 1.79. The van der Waals surface area contributed by atoms with E-state index in [0.29, 0.717) is 32.4 Å². The van der Waals surface area contributed by atoms with Gasteiger partial charge in [-0.1, -0.05) is 48.6 Å². The van der Waals surface area contributed by atoms with Crippen molar-refractivity contribution in [2.24, 2.45) is 11.7 Å². The monoisotopic (exact) mass is 396 g/mol. The fraction of sp³-hybridized carbons (Fsp3) is 0.500. The van der Waals surface area contributed by atoms with Gasteiger partial charge in [-0.15, -0.1) is 0 Å². The molecule has 1 aromatic rings. The molecule has 3 rings (SSSR count). The molecular weight excluding hydrogens is 364 g/mol. The summed E-state index contributed by atoms with van der Waals surface area (Å²) in [6, 6.07) is 10.3. The lowest BCUT2D eigenvalue weighted by molar-refractivity contribution is -0.167. The molecule has 29 heavy (non-hydrogen) atoms. The summed E-state index contributed by atoms with van der Waals surface area (Å²) in [7, 11) is 0. The molecule has 2 N–H and O–H groups in total. The number of rotatable bonds is 5. The van der Waals surface area contributed by atoms with Crippen LogP contribution in [0.15, 0.2) is 54.1 Å². The molecule has 0 radical (unpaired) electrons. The van der Waals surface area contributed by atoms with Crippen LogP contribution >= 0.6 is 0 Å². The zero-order valence-corrected chi connectivity index (χ0v) is 17.7. The molecule has 1 atom stereocenters. The molecule has 1 heterocycles. The van der Waals surface area contributed by atoms with Crippen LogP contribution in [0.3, 0.4) is 0 Å². The van der Waals surface area contributed by atoms with Gasteiger partial charge in [0.2, 0.25) is 5.91 Å². The van der Waals surface area contributed by atoms with Gasteiger partial charge in [-0.05, 0) is 57.6 Å². The third-order valence-electron chi connectivity index (χ3n) is 5.71. The summed E-state index contributed by atoms with van der Waals surface area (Å²) in [5.41, 5.74) is 6.55. The van der Waals surface area contributed by atoms with E-state index in [2.05, 4.69) is 29.2 Å². The van der Waals surface area contributed by atoms with Crippen molar-refractivity contribution in [1.29, 1.82) is 0 Å². The molecule has 5 heteroatoms. The maximum atomic E-state index is 13.3. The highest BCUT2D eigenvalue weighted by atomic mass is 16.6. The van der Waals surface area contributed by atoms with Crippen LogP contribution in [0.5, 0.6) is 0 Å². The number of ether oxygens (including phenoxy) is 1. The van der Waals surface area contributed by atoms with Gasteiger partial charge < -0.3 is 10.5 Å². The van der Waals surface area contributed by atoms with Gasteiger partial charge in [0.05, 0.1) is 0 Å². The normalized spacial score (nSPS) is 23.5. The SMILES string of the molecule is CC(C)(C)OC(=O)C1(N2CCC(C(N)=O)CC2)C=CC(Cc2ccccc2)=CC1. The molecule has 0 spiro atoms. The standard InChI is InChI=1S/C24H32N2O3/c1-23(2,3)29-22(28)24(26-15-11-20(12-16-26)21(25)27)13-9-19(10-14-24)17-18-7-5-4-6-8-18/h4-10,13,20H,11-12,14-17H2,1-3H3,(H2,25,27). The summed E-state index contributed by atoms with van der Waals surface area (Å²) >= 11 is 0. The predicted octanol–water partition coefficient (Wildman–Crippen LogP) is 3.39. The Morgan fingerprint density at radius 3 is 2.34 bits per heavy atom. The summed E-state index contributed by atoms with van der Waals surface area (Å²) in [6.07, 6.45) is 8.97. The number of carbonyl (C=O) groups is 2. The van der Waals surface area contributed by atoms with Crippen molar-refractivity contribution in [1.82, 2.24) is 4.90 Å². The second kappa shape index (κ2) is 8.54. The summed E-state index contributed by atoms with van der Waals surface area (Å²) in [6.45, 7) is 6.97. The summed E-state index contributed by atoms with van der Waals surface area (Å²) in [5, 5.41) is 0. The number of nitrogens with zero attached hydrogens (tertiary/aromatic N) is 1. The Morgan fingerprint density at radius 2 is 1.83 bits per heavy atom. The maximum Gasteiger partial charge on any atom is 0.331 e. The number of hydrogen-bond acceptors (Lipinski definition) is 4. The van der Waals surface area contributed by atoms with E-state index >= 15 is 0 Å². The van der Waals surface area contributed by atoms with Crippen LogP contribution in [0.25, 0.3) is 0 Å². The van der Waals surface area contributed by atoms with Crippen LogP contribution in [-0.2, 0) is 20.7 Å². The van der Waals surface area contributed by atoms with Crippen molar-refractivity contribution in [3.8, 4) is 0 Å². The minimum absolute atomic E-state index is 0.112. The first kappa shape index (κ1) is 21.3. The fourth-order valence-electron chi connectivity index (χ4n) is 4.07. The number of allylic oxidation sites excluding steroid dienone is 2. The summed E-state index contributed by atoms with van der Waals surface area (Å²) in [5.74, 6) is -0.590. The molecule has 1 amide bonds. The molecule has 0 bridgehead atoms. The van der Waals surface area contributed by atoms with Crippen molar-refractivity contribution >= 4 is 11.9 Å². The van der Waals surface area contributed by atoms with Crippen LogP contribution in [-0.4, -0.2) is 41.0 Å². The van der Waals surface area contributed by atoms with Crippen LogP contribution in [0.1, 0.15) is 45.6 Å². The number of carbonyl (C=O) groups excluding carboxylic acids is 2. The predicted molar refractivity (Wildman–Crippen MR) is 114 cm³/mol. The molecule has 2 aliphatic rings. The van der Waals surface area contributed by atoms with E-state index in [1.807, 2.05) is 45.0 Å². The quantitative estimate of drug-likeness (QED) is 0.775. The van der Waals surface area contributed by atoms with E-state index in [1.54, 1.807) is 0 Å². The number of esters is 1. The highest BCUT2D eigenvalue weighted by Gasteiger charge is 2.46. The van der Waals surface area contributed by atoms with Gasteiger partial charge in [0.1, 0.15) is 11.1 Å². The van der Waals surface area contributed by atoms with Gasteiger partial charge in [-0.3, -0.25) is 9.69 Å². The minimum Gasteiger partial charge on any atom is -0.458 e. The summed E-state index contributed by atoms with van der Waals surface area (Å²) in [4.78, 5) is 27.0. The highest BCUT2D eigenvalue weighted by molar-refractivity contribution is 5.85. The smallest absolute Gasteiger partial charge is 0.331 e. The Kier molecular flexibility index (Phi) is 6.27. The minimum atomic E-state index is -0.823. The van der Waals surface area contributed by atoms with Crippen molar-refractivity contribution in [2.45, 2.75) is 57.6 Å². The van der Waals surface area contributed by atoms with E-state index in [1.165, 1.54) is 11.1 Å². The molecule has 1 aliphatic heterocycles. The molecule has 0 aromatic heterocycles. The van der Waals surface area contributed by atoms with Crippen LogP contribution in [0.4, 0.5) is 0 Å². The molecule has 1 saturated heterocycles. The average Bonchev–Trinajstić information content (AvgIpc) is 2.68. The number of hydrogen-bond donors (Lipinski definition) is 1. The lowest BCUT2D eigenvalue weighted by Crippen LogP contribution is -2.58. The van der Waals surface area contributed by atoms with Gasteiger partial charge in [-0.2, -0.15) is 0 Å². The average molecular weight is 397 g/mol. The van der Waals surface area contributed by atoms with Gasteiger partial charge in [-0.25, -0.2) is 4.79 Å². The lowest BCUT2D eigenvalue weighted by Gasteiger charge is -2.45. The summed E-state index contributed by atoms with van der Waals surface area (Å²) < 4.78 is 5.81. The highest BCUT2D eigenvalue weighted by Crippen LogP contribution is 2.34. The van der Waals surface area contributed by atoms with E-state index in [-0.39, 0.29) is 17.8 Å². The second-order valence-corrected chi connectivity index (χ2v) is 9.07. The zero-order chi connectivity index (χ0) is 21.1. The molecule has 156 valence electrons. The van der Waals surface area contributed by atoms with Crippen LogP contribution in [0, 0.1) is 5.92 Å². The number of benzene rings is 1. The molecule has 0 saturated carbocycles. The Morgan fingerprint density at radius 1 is 1.17 bits per heavy atom. The Hall–Kier alpha value is -2.40. The van der Waals surface area contributed by atoms with Crippen molar-refractivity contribution < 1.29 is 14.3 Å². The Bertz CT molecular complexity index is 799. The molecular formula is C24H32N2O3. The van der Waals surface area contributed by atoms with Gasteiger partial charge >= 0.3 is 5.97 Å². The van der Waals surface area contributed by atoms with Crippen molar-refractivity contribution in [2.75, 3.05) is 13.1 Å². The maximum absolute atomic E-state index is 13.3. The molecule has 1 unspecified atom stereocenters. The number of primary amides is 1. The largest absolute Gasteiger partial charge is 0.458 e. The molecule has 1 fully saturated rings. The third kappa shape index (κ3) is 5.15. The molecule has 1 aliphatic carbocycles. The van der Waals surface area contributed by atoms with Crippen molar-refractivity contribution in [3.05, 3.63) is 59.7 Å². The first-order valence-corrected chi connectivity index (χ1v) is 10.4. The van der Waals surface area contributed by atoms with Gasteiger partial charge in [0.15, 0.2) is 0 Å². The van der Waals surface area contributed by atoms with Crippen LogP contribution < -0.4 is 5.73 Å². The van der Waals surface area contributed by atoms with Crippen LogP contribution in [0.2, 0.25) is 0 Å². The molecule has 5 nitrogen and oxygen atoms in total. The van der Waals surface area contributed by atoms with E-state index in [9.17, 15) is 9.59 Å². The zero-order valence-electron chi connectivity index (χ0n) is 17.7. The van der Waals surface area contributed by atoms with Crippen molar-refractivity contribution in [3.63, 3.8) is 0 Å². The second-order valence-electron chi connectivity index (χ2n) is 9.07. The lowest BCUT2D eigenvalue weighted by atomic mass is 9.82. The van der Waals surface area contributed by atoms with E-state index in [4.69, 9.17) is 10.5 Å². The van der Waals surface area contributed by atoms with Gasteiger partial charge in [0, 0.05) is 19.0 Å². The topological polar surface area (TPSA) is 72.6 Å². The van der Waals surface area contributed by atoms with E-state index < -0.39 is 11.1 Å². The number of nitrogens with two attached hydrogens (primary N) is 1. The van der Waals surface area contributed by atoms with E-state index in [0.717, 1.165) is 6.42 Å². The van der Waals surface area contributed by atoms with Gasteiger partial charge in [0.25, 0.3) is 0 Å². The third-order valence-corrected chi connectivity index (χ3v) is 5.71. The molecule has 1 aromatic carbocycles. The number of piperidine rings is 1.